The van der Waals surface area contributed by atoms with E-state index in [4.69, 9.17) is 11.6 Å². The lowest BCUT2D eigenvalue weighted by Gasteiger charge is -2.34. The van der Waals surface area contributed by atoms with Crippen LogP contribution in [0.2, 0.25) is 5.02 Å². The Morgan fingerprint density at radius 2 is 1.68 bits per heavy atom. The van der Waals surface area contributed by atoms with Crippen LogP contribution in [-0.2, 0) is 21.2 Å². The number of amides is 1. The second-order valence-corrected chi connectivity index (χ2v) is 8.48. The third-order valence-corrected chi connectivity index (χ3v) is 6.82. The van der Waals surface area contributed by atoms with Crippen molar-refractivity contribution in [3.63, 3.8) is 0 Å². The summed E-state index contributed by atoms with van der Waals surface area (Å²) in [7, 11) is -3.12. The Labute approximate surface area is 135 Å². The molecule has 120 valence electrons. The topological polar surface area (TPSA) is 57.7 Å². The van der Waals surface area contributed by atoms with E-state index in [9.17, 15) is 13.2 Å². The quantitative estimate of drug-likeness (QED) is 0.833. The molecule has 7 heteroatoms. The van der Waals surface area contributed by atoms with Crippen LogP contribution in [0.5, 0.6) is 0 Å². The molecule has 1 heterocycles. The Kier molecular flexibility index (Phi) is 4.43. The zero-order valence-corrected chi connectivity index (χ0v) is 13.8. The summed E-state index contributed by atoms with van der Waals surface area (Å²) in [5, 5.41) is 0.471. The van der Waals surface area contributed by atoms with Gasteiger partial charge >= 0.3 is 0 Å². The third-order valence-electron chi connectivity index (χ3n) is 4.17. The highest BCUT2D eigenvalue weighted by Crippen LogP contribution is 2.31. The molecule has 22 heavy (non-hydrogen) atoms. The normalized spacial score (nSPS) is 20.1. The van der Waals surface area contributed by atoms with Crippen molar-refractivity contribution in [1.82, 2.24) is 9.21 Å². The van der Waals surface area contributed by atoms with Crippen LogP contribution >= 0.6 is 11.6 Å². The lowest BCUT2D eigenvalue weighted by Crippen LogP contribution is -2.51. The van der Waals surface area contributed by atoms with E-state index in [1.165, 1.54) is 4.31 Å². The molecule has 0 atom stereocenters. The summed E-state index contributed by atoms with van der Waals surface area (Å²) in [4.78, 5) is 14.0. The minimum Gasteiger partial charge on any atom is -0.340 e. The van der Waals surface area contributed by atoms with E-state index >= 15 is 0 Å². The Hall–Kier alpha value is -1.11. The number of halogens is 1. The number of carbonyl (C=O) groups is 1. The van der Waals surface area contributed by atoms with Crippen molar-refractivity contribution in [3.05, 3.63) is 34.9 Å². The van der Waals surface area contributed by atoms with E-state index in [1.807, 2.05) is 12.1 Å². The van der Waals surface area contributed by atoms with Gasteiger partial charge in [-0.2, -0.15) is 4.31 Å². The molecule has 2 aliphatic rings. The second kappa shape index (κ2) is 6.18. The van der Waals surface area contributed by atoms with Gasteiger partial charge in [0.1, 0.15) is 0 Å². The van der Waals surface area contributed by atoms with Crippen molar-refractivity contribution in [1.29, 1.82) is 0 Å². The molecule has 0 aromatic heterocycles. The number of sulfonamides is 1. The van der Waals surface area contributed by atoms with Crippen molar-refractivity contribution in [2.75, 3.05) is 26.2 Å². The van der Waals surface area contributed by atoms with Gasteiger partial charge in [-0.05, 0) is 30.5 Å². The van der Waals surface area contributed by atoms with E-state index in [-0.39, 0.29) is 11.2 Å². The van der Waals surface area contributed by atoms with Gasteiger partial charge in [-0.25, -0.2) is 8.42 Å². The van der Waals surface area contributed by atoms with Crippen molar-refractivity contribution < 1.29 is 13.2 Å². The minimum absolute atomic E-state index is 0.0331. The predicted octanol–water partition coefficient (Wildman–Crippen LogP) is 1.52. The summed E-state index contributed by atoms with van der Waals surface area (Å²) < 4.78 is 25.9. The van der Waals surface area contributed by atoms with Crippen LogP contribution in [-0.4, -0.2) is 55.0 Å². The SMILES string of the molecule is O=C(Cc1ccc(Cl)cc1)N1CCN(S(=O)(=O)C2CC2)CC1. The molecule has 0 radical (unpaired) electrons. The maximum atomic E-state index is 12.3. The molecule has 1 aromatic rings. The standard InChI is InChI=1S/C15H19ClN2O3S/c16-13-3-1-12(2-4-13)11-15(19)17-7-9-18(10-8-17)22(20,21)14-5-6-14/h1-4,14H,5-11H2. The minimum atomic E-state index is -3.12. The van der Waals surface area contributed by atoms with E-state index in [0.29, 0.717) is 37.6 Å². The van der Waals surface area contributed by atoms with Crippen molar-refractivity contribution in [2.45, 2.75) is 24.5 Å². The van der Waals surface area contributed by atoms with E-state index in [1.54, 1.807) is 17.0 Å². The largest absolute Gasteiger partial charge is 0.340 e. The second-order valence-electron chi connectivity index (χ2n) is 5.83. The summed E-state index contributed by atoms with van der Waals surface area (Å²) in [5.74, 6) is 0.0331. The average Bonchev–Trinajstić information content (AvgIpc) is 3.35. The Balaban J connectivity index is 1.54. The lowest BCUT2D eigenvalue weighted by molar-refractivity contribution is -0.131. The molecule has 0 N–H and O–H groups in total. The van der Waals surface area contributed by atoms with Crippen molar-refractivity contribution in [2.24, 2.45) is 0 Å². The fraction of sp³-hybridized carbons (Fsp3) is 0.533. The zero-order chi connectivity index (χ0) is 15.7. The molecule has 0 spiro atoms. The van der Waals surface area contributed by atoms with Gasteiger partial charge < -0.3 is 4.90 Å². The number of carbonyl (C=O) groups excluding carboxylic acids is 1. The van der Waals surface area contributed by atoms with E-state index in [2.05, 4.69) is 0 Å². The van der Waals surface area contributed by atoms with Crippen LogP contribution in [0.4, 0.5) is 0 Å². The molecule has 1 aliphatic carbocycles. The summed E-state index contributed by atoms with van der Waals surface area (Å²) in [6.07, 6.45) is 1.88. The summed E-state index contributed by atoms with van der Waals surface area (Å²) >= 11 is 5.83. The molecule has 1 amide bonds. The maximum absolute atomic E-state index is 12.3. The van der Waals surface area contributed by atoms with E-state index < -0.39 is 10.0 Å². The van der Waals surface area contributed by atoms with Crippen LogP contribution in [0.25, 0.3) is 0 Å². The number of benzene rings is 1. The summed E-state index contributed by atoms with van der Waals surface area (Å²) in [6, 6.07) is 7.22. The molecule has 1 saturated heterocycles. The highest BCUT2D eigenvalue weighted by Gasteiger charge is 2.41. The Morgan fingerprint density at radius 1 is 1.09 bits per heavy atom. The molecule has 3 rings (SSSR count). The van der Waals surface area contributed by atoms with Gasteiger partial charge in [-0.1, -0.05) is 23.7 Å². The Morgan fingerprint density at radius 3 is 2.23 bits per heavy atom. The van der Waals surface area contributed by atoms with Gasteiger partial charge in [0.25, 0.3) is 0 Å². The number of piperazine rings is 1. The molecule has 1 saturated carbocycles. The summed E-state index contributed by atoms with van der Waals surface area (Å²) in [5.41, 5.74) is 0.919. The number of rotatable bonds is 4. The number of hydrogen-bond donors (Lipinski definition) is 0. The maximum Gasteiger partial charge on any atom is 0.227 e. The van der Waals surface area contributed by atoms with Gasteiger partial charge in [0.15, 0.2) is 0 Å². The molecule has 2 fully saturated rings. The van der Waals surface area contributed by atoms with Crippen LogP contribution in [0, 0.1) is 0 Å². The average molecular weight is 343 g/mol. The first-order valence-corrected chi connectivity index (χ1v) is 9.36. The molecule has 5 nitrogen and oxygen atoms in total. The van der Waals surface area contributed by atoms with Gasteiger partial charge in [-0.15, -0.1) is 0 Å². The Bertz CT molecular complexity index is 648. The molecule has 1 aromatic carbocycles. The number of nitrogens with zero attached hydrogens (tertiary/aromatic N) is 2. The van der Waals surface area contributed by atoms with Crippen molar-refractivity contribution >= 4 is 27.5 Å². The first-order valence-electron chi connectivity index (χ1n) is 7.48. The van der Waals surface area contributed by atoms with E-state index in [0.717, 1.165) is 18.4 Å². The number of hydrogen-bond acceptors (Lipinski definition) is 3. The van der Waals surface area contributed by atoms with Crippen molar-refractivity contribution in [3.8, 4) is 0 Å². The fourth-order valence-corrected chi connectivity index (χ4v) is 4.61. The highest BCUT2D eigenvalue weighted by atomic mass is 35.5. The monoisotopic (exact) mass is 342 g/mol. The van der Waals surface area contributed by atoms with Gasteiger partial charge in [0.05, 0.1) is 11.7 Å². The molecular formula is C15H19ClN2O3S. The van der Waals surface area contributed by atoms with Gasteiger partial charge in [0.2, 0.25) is 15.9 Å². The van der Waals surface area contributed by atoms with Crippen LogP contribution in [0.1, 0.15) is 18.4 Å². The van der Waals surface area contributed by atoms with Gasteiger partial charge in [-0.3, -0.25) is 4.79 Å². The third kappa shape index (κ3) is 3.45. The smallest absolute Gasteiger partial charge is 0.227 e. The highest BCUT2D eigenvalue weighted by molar-refractivity contribution is 7.90. The van der Waals surface area contributed by atoms with Gasteiger partial charge in [0, 0.05) is 31.2 Å². The molecule has 0 unspecified atom stereocenters. The fourth-order valence-electron chi connectivity index (χ4n) is 2.66. The first kappa shape index (κ1) is 15.8. The predicted molar refractivity (Wildman–Crippen MR) is 85.3 cm³/mol. The first-order chi connectivity index (χ1) is 10.5. The van der Waals surface area contributed by atoms with Crippen LogP contribution in [0.3, 0.4) is 0 Å². The van der Waals surface area contributed by atoms with Crippen LogP contribution in [0.15, 0.2) is 24.3 Å². The molecule has 1 aliphatic heterocycles. The lowest BCUT2D eigenvalue weighted by atomic mass is 10.1. The zero-order valence-electron chi connectivity index (χ0n) is 12.2. The summed E-state index contributed by atoms with van der Waals surface area (Å²) in [6.45, 7) is 1.76. The molecular weight excluding hydrogens is 324 g/mol. The van der Waals surface area contributed by atoms with Crippen LogP contribution < -0.4 is 0 Å². The molecule has 0 bridgehead atoms.